The minimum atomic E-state index is -0.278. The van der Waals surface area contributed by atoms with Crippen molar-refractivity contribution in [3.05, 3.63) is 84.6 Å². The summed E-state index contributed by atoms with van der Waals surface area (Å²) in [6.45, 7) is 0.150. The van der Waals surface area contributed by atoms with E-state index in [1.807, 2.05) is 65.2 Å². The van der Waals surface area contributed by atoms with Crippen LogP contribution in [0.4, 0.5) is 0 Å². The molecule has 0 spiro atoms. The van der Waals surface area contributed by atoms with Crippen LogP contribution >= 0.6 is 0 Å². The first-order chi connectivity index (χ1) is 14.7. The molecule has 0 saturated heterocycles. The largest absolute Gasteiger partial charge is 0.497 e. The van der Waals surface area contributed by atoms with Gasteiger partial charge in [-0.15, -0.1) is 0 Å². The van der Waals surface area contributed by atoms with E-state index in [0.29, 0.717) is 12.2 Å². The minimum absolute atomic E-state index is 0.122. The standard InChI is InChI=1S/C23H20N4O3/c1-29-17-10-8-16(9-11-17)19-13-21(22-7-4-12-30-22)27(25-19)23(28)14-26-15-24-18-5-2-3-6-20(18)26/h2-12,15,21H,13-14H2,1H3. The lowest BCUT2D eigenvalue weighted by Gasteiger charge is -2.20. The summed E-state index contributed by atoms with van der Waals surface area (Å²) in [5, 5.41) is 6.21. The number of furan rings is 1. The first kappa shape index (κ1) is 18.2. The van der Waals surface area contributed by atoms with Crippen LogP contribution in [0, 0.1) is 0 Å². The quantitative estimate of drug-likeness (QED) is 0.507. The number of hydrogen-bond acceptors (Lipinski definition) is 5. The van der Waals surface area contributed by atoms with E-state index < -0.39 is 0 Å². The molecule has 1 aliphatic heterocycles. The molecule has 2 aromatic heterocycles. The topological polar surface area (TPSA) is 72.9 Å². The van der Waals surface area contributed by atoms with Crippen molar-refractivity contribution in [2.24, 2.45) is 5.10 Å². The molecular formula is C23H20N4O3. The average Bonchev–Trinajstić information content (AvgIpc) is 3.53. The first-order valence-corrected chi connectivity index (χ1v) is 9.70. The van der Waals surface area contributed by atoms with Gasteiger partial charge in [-0.1, -0.05) is 12.1 Å². The van der Waals surface area contributed by atoms with E-state index in [4.69, 9.17) is 9.15 Å². The molecule has 0 fully saturated rings. The van der Waals surface area contributed by atoms with Crippen molar-refractivity contribution in [2.75, 3.05) is 7.11 Å². The molecular weight excluding hydrogens is 380 g/mol. The molecule has 0 N–H and O–H groups in total. The maximum absolute atomic E-state index is 13.2. The fraction of sp³-hybridized carbons (Fsp3) is 0.174. The van der Waals surface area contributed by atoms with Crippen molar-refractivity contribution in [1.29, 1.82) is 0 Å². The Morgan fingerprint density at radius 3 is 2.73 bits per heavy atom. The van der Waals surface area contributed by atoms with Crippen molar-refractivity contribution < 1.29 is 13.9 Å². The summed E-state index contributed by atoms with van der Waals surface area (Å²) in [6.07, 6.45) is 3.89. The molecule has 3 heterocycles. The number of carbonyl (C=O) groups is 1. The second-order valence-electron chi connectivity index (χ2n) is 7.11. The van der Waals surface area contributed by atoms with Gasteiger partial charge in [0, 0.05) is 6.42 Å². The Hall–Kier alpha value is -3.87. The maximum atomic E-state index is 13.2. The monoisotopic (exact) mass is 400 g/mol. The third kappa shape index (κ3) is 3.24. The summed E-state index contributed by atoms with van der Waals surface area (Å²) in [6, 6.07) is 18.9. The highest BCUT2D eigenvalue weighted by molar-refractivity contribution is 6.03. The maximum Gasteiger partial charge on any atom is 0.263 e. The Balaban J connectivity index is 1.45. The van der Waals surface area contributed by atoms with Gasteiger partial charge in [0.1, 0.15) is 24.1 Å². The zero-order chi connectivity index (χ0) is 20.5. The van der Waals surface area contributed by atoms with Gasteiger partial charge in [0.2, 0.25) is 0 Å². The van der Waals surface area contributed by atoms with Gasteiger partial charge in [0.15, 0.2) is 0 Å². The number of benzene rings is 2. The Labute approximate surface area is 173 Å². The summed E-state index contributed by atoms with van der Waals surface area (Å²) in [4.78, 5) is 17.6. The molecule has 2 aromatic carbocycles. The first-order valence-electron chi connectivity index (χ1n) is 9.70. The molecule has 30 heavy (non-hydrogen) atoms. The number of carbonyl (C=O) groups excluding carboxylic acids is 1. The minimum Gasteiger partial charge on any atom is -0.497 e. The predicted molar refractivity (Wildman–Crippen MR) is 112 cm³/mol. The van der Waals surface area contributed by atoms with Crippen LogP contribution in [0.1, 0.15) is 23.8 Å². The number of rotatable bonds is 5. The summed E-state index contributed by atoms with van der Waals surface area (Å²) in [5.74, 6) is 1.37. The lowest BCUT2D eigenvalue weighted by atomic mass is 10.0. The Morgan fingerprint density at radius 2 is 1.97 bits per heavy atom. The van der Waals surface area contributed by atoms with Crippen LogP contribution < -0.4 is 4.74 Å². The molecule has 4 aromatic rings. The number of methoxy groups -OCH3 is 1. The SMILES string of the molecule is COc1ccc(C2=NN(C(=O)Cn3cnc4ccccc43)C(c3ccco3)C2)cc1. The fourth-order valence-corrected chi connectivity index (χ4v) is 3.76. The zero-order valence-electron chi connectivity index (χ0n) is 16.4. The van der Waals surface area contributed by atoms with Crippen LogP contribution in [0.15, 0.2) is 82.8 Å². The summed E-state index contributed by atoms with van der Waals surface area (Å²) in [7, 11) is 1.63. The van der Waals surface area contributed by atoms with Crippen LogP contribution in [-0.2, 0) is 11.3 Å². The van der Waals surface area contributed by atoms with Gasteiger partial charge in [-0.2, -0.15) is 5.10 Å². The molecule has 5 rings (SSSR count). The number of imidazole rings is 1. The lowest BCUT2D eigenvalue weighted by Crippen LogP contribution is -2.30. The van der Waals surface area contributed by atoms with Gasteiger partial charge >= 0.3 is 0 Å². The highest BCUT2D eigenvalue weighted by Gasteiger charge is 2.35. The van der Waals surface area contributed by atoms with Crippen LogP contribution in [0.3, 0.4) is 0 Å². The third-order valence-electron chi connectivity index (χ3n) is 5.29. The van der Waals surface area contributed by atoms with Crippen LogP contribution in [0.5, 0.6) is 5.75 Å². The lowest BCUT2D eigenvalue weighted by molar-refractivity contribution is -0.133. The number of hydrogen-bond donors (Lipinski definition) is 0. The average molecular weight is 400 g/mol. The summed E-state index contributed by atoms with van der Waals surface area (Å²) in [5.41, 5.74) is 3.56. The zero-order valence-corrected chi connectivity index (χ0v) is 16.4. The number of amides is 1. The number of para-hydroxylation sites is 2. The highest BCUT2D eigenvalue weighted by Crippen LogP contribution is 2.33. The van der Waals surface area contributed by atoms with E-state index in [9.17, 15) is 4.79 Å². The fourth-order valence-electron chi connectivity index (χ4n) is 3.76. The number of hydrazone groups is 1. The van der Waals surface area contributed by atoms with Crippen molar-refractivity contribution in [1.82, 2.24) is 14.6 Å². The van der Waals surface area contributed by atoms with Crippen LogP contribution in [-0.4, -0.2) is 33.3 Å². The molecule has 0 aliphatic carbocycles. The molecule has 0 saturated carbocycles. The number of aromatic nitrogens is 2. The molecule has 1 amide bonds. The summed E-state index contributed by atoms with van der Waals surface area (Å²) >= 11 is 0. The normalized spacial score (nSPS) is 16.1. The van der Waals surface area contributed by atoms with E-state index in [0.717, 1.165) is 28.1 Å². The Morgan fingerprint density at radius 1 is 1.13 bits per heavy atom. The van der Waals surface area contributed by atoms with Gasteiger partial charge in [0.25, 0.3) is 5.91 Å². The third-order valence-corrected chi connectivity index (χ3v) is 5.29. The van der Waals surface area contributed by atoms with Gasteiger partial charge in [0.05, 0.1) is 36.4 Å². The molecule has 0 radical (unpaired) electrons. The molecule has 0 bridgehead atoms. The van der Waals surface area contributed by atoms with Gasteiger partial charge in [-0.05, 0) is 54.1 Å². The van der Waals surface area contributed by atoms with E-state index in [1.165, 1.54) is 5.01 Å². The van der Waals surface area contributed by atoms with E-state index in [1.54, 1.807) is 19.7 Å². The smallest absolute Gasteiger partial charge is 0.263 e. The molecule has 1 aliphatic rings. The van der Waals surface area contributed by atoms with Crippen molar-refractivity contribution in [3.8, 4) is 5.75 Å². The van der Waals surface area contributed by atoms with E-state index in [2.05, 4.69) is 10.1 Å². The van der Waals surface area contributed by atoms with Crippen LogP contribution in [0.2, 0.25) is 0 Å². The second-order valence-corrected chi connectivity index (χ2v) is 7.11. The van der Waals surface area contributed by atoms with Crippen molar-refractivity contribution in [2.45, 2.75) is 19.0 Å². The van der Waals surface area contributed by atoms with Gasteiger partial charge in [-0.3, -0.25) is 4.79 Å². The Kier molecular flexibility index (Phi) is 4.55. The Bertz CT molecular complexity index is 1210. The van der Waals surface area contributed by atoms with E-state index >= 15 is 0 Å². The number of fused-ring (bicyclic) bond motifs is 1. The van der Waals surface area contributed by atoms with Crippen molar-refractivity contribution >= 4 is 22.7 Å². The number of ether oxygens (including phenoxy) is 1. The van der Waals surface area contributed by atoms with E-state index in [-0.39, 0.29) is 18.5 Å². The highest BCUT2D eigenvalue weighted by atomic mass is 16.5. The molecule has 7 heteroatoms. The molecule has 7 nitrogen and oxygen atoms in total. The summed E-state index contributed by atoms with van der Waals surface area (Å²) < 4.78 is 12.7. The van der Waals surface area contributed by atoms with Gasteiger partial charge < -0.3 is 13.7 Å². The molecule has 1 unspecified atom stereocenters. The van der Waals surface area contributed by atoms with Crippen LogP contribution in [0.25, 0.3) is 11.0 Å². The number of nitrogens with zero attached hydrogens (tertiary/aromatic N) is 4. The predicted octanol–water partition coefficient (Wildman–Crippen LogP) is 4.02. The van der Waals surface area contributed by atoms with Crippen molar-refractivity contribution in [3.63, 3.8) is 0 Å². The van der Waals surface area contributed by atoms with Gasteiger partial charge in [-0.25, -0.2) is 9.99 Å². The second kappa shape index (κ2) is 7.51. The molecule has 150 valence electrons. The molecule has 1 atom stereocenters.